The van der Waals surface area contributed by atoms with Gasteiger partial charge in [-0.15, -0.1) is 0 Å². The van der Waals surface area contributed by atoms with Crippen molar-refractivity contribution in [1.82, 2.24) is 25.1 Å². The summed E-state index contributed by atoms with van der Waals surface area (Å²) in [6, 6.07) is 3.24. The molecule has 0 amide bonds. The highest BCUT2D eigenvalue weighted by atomic mass is 35.5. The molecule has 3 heterocycles. The van der Waals surface area contributed by atoms with Gasteiger partial charge < -0.3 is 20.7 Å². The first-order valence-electron chi connectivity index (χ1n) is 12.6. The van der Waals surface area contributed by atoms with Crippen LogP contribution < -0.4 is 20.7 Å². The summed E-state index contributed by atoms with van der Waals surface area (Å²) in [4.78, 5) is 21.5. The molecule has 3 N–H and O–H groups in total. The topological polar surface area (TPSA) is 106 Å². The number of nitrogens with one attached hydrogen (secondary N) is 3. The van der Waals surface area contributed by atoms with E-state index in [2.05, 4.69) is 31.0 Å². The molecule has 3 aromatic rings. The number of rotatable bonds is 10. The molecule has 11 heteroatoms. The maximum atomic E-state index is 15.1. The quantitative estimate of drug-likeness (QED) is 0.303. The Morgan fingerprint density at radius 3 is 2.78 bits per heavy atom. The zero-order valence-corrected chi connectivity index (χ0v) is 21.9. The van der Waals surface area contributed by atoms with Crippen molar-refractivity contribution in [1.29, 1.82) is 0 Å². The lowest BCUT2D eigenvalue weighted by molar-refractivity contribution is 0.0963. The van der Waals surface area contributed by atoms with Gasteiger partial charge in [0.1, 0.15) is 16.6 Å². The molecular weight excluding hydrogens is 497 g/mol. The van der Waals surface area contributed by atoms with Crippen LogP contribution in [0.5, 0.6) is 5.75 Å². The fourth-order valence-corrected chi connectivity index (χ4v) is 4.52. The summed E-state index contributed by atoms with van der Waals surface area (Å²) in [5.41, 5.74) is 1.92. The number of aromatic nitrogens is 4. The molecule has 1 aliphatic carbocycles. The number of benzene rings is 1. The fourth-order valence-electron chi connectivity index (χ4n) is 4.38. The Kier molecular flexibility index (Phi) is 7.30. The van der Waals surface area contributed by atoms with Crippen LogP contribution in [0.4, 0.5) is 27.5 Å². The van der Waals surface area contributed by atoms with Crippen molar-refractivity contribution in [3.8, 4) is 5.75 Å². The molecule has 1 aliphatic heterocycles. The van der Waals surface area contributed by atoms with Gasteiger partial charge in [-0.3, -0.25) is 9.48 Å². The summed E-state index contributed by atoms with van der Waals surface area (Å²) < 4.78 is 22.8. The normalized spacial score (nSPS) is 17.3. The van der Waals surface area contributed by atoms with Crippen molar-refractivity contribution in [3.05, 3.63) is 46.6 Å². The maximum Gasteiger partial charge on any atom is 0.229 e. The van der Waals surface area contributed by atoms with E-state index < -0.39 is 0 Å². The van der Waals surface area contributed by atoms with Gasteiger partial charge >= 0.3 is 0 Å². The van der Waals surface area contributed by atoms with E-state index in [0.717, 1.165) is 32.4 Å². The molecule has 2 aromatic heterocycles. The van der Waals surface area contributed by atoms with Gasteiger partial charge in [0.05, 0.1) is 23.7 Å². The van der Waals surface area contributed by atoms with Crippen LogP contribution in [0.2, 0.25) is 5.02 Å². The molecule has 1 saturated carbocycles. The summed E-state index contributed by atoms with van der Waals surface area (Å²) in [6.07, 6.45) is 6.50. The lowest BCUT2D eigenvalue weighted by atomic mass is 9.97. The first kappa shape index (κ1) is 25.4. The maximum absolute atomic E-state index is 15.1. The number of nitrogens with zero attached hydrogens (tertiary/aromatic N) is 4. The van der Waals surface area contributed by atoms with Crippen LogP contribution >= 0.6 is 11.6 Å². The number of aryl methyl sites for hydroxylation is 1. The minimum atomic E-state index is -0.296. The smallest absolute Gasteiger partial charge is 0.229 e. The number of carbonyl (C=O) groups excluding carboxylic acids is 1. The summed E-state index contributed by atoms with van der Waals surface area (Å²) in [6.45, 7) is 5.58. The minimum Gasteiger partial charge on any atom is -0.488 e. The molecular formula is C26H31ClFN7O2. The van der Waals surface area contributed by atoms with Crippen molar-refractivity contribution in [2.24, 2.45) is 13.0 Å². The predicted octanol–water partition coefficient (Wildman–Crippen LogP) is 5.34. The molecule has 37 heavy (non-hydrogen) atoms. The van der Waals surface area contributed by atoms with Crippen molar-refractivity contribution >= 4 is 40.5 Å². The molecule has 0 bridgehead atoms. The highest BCUT2D eigenvalue weighted by Gasteiger charge is 2.28. The summed E-state index contributed by atoms with van der Waals surface area (Å²) in [5.74, 6) is 1.03. The van der Waals surface area contributed by atoms with E-state index in [1.165, 1.54) is 12.3 Å². The zero-order chi connectivity index (χ0) is 26.1. The average Bonchev–Trinajstić information content (AvgIpc) is 3.33. The summed E-state index contributed by atoms with van der Waals surface area (Å²) >= 11 is 6.38. The number of ketones is 1. The molecule has 1 aromatic carbocycles. The number of anilines is 4. The first-order valence-corrected chi connectivity index (χ1v) is 13.0. The SMILES string of the molecule is CC(C)CC(=O)c1nn(C)cc1Nc1nc(Nc2cc(F)c(C3CCNC3)cc2OC2CC2)ncc1Cl. The third kappa shape index (κ3) is 6.02. The van der Waals surface area contributed by atoms with Gasteiger partial charge in [-0.2, -0.15) is 10.1 Å². The predicted molar refractivity (Wildman–Crippen MR) is 141 cm³/mol. The molecule has 1 atom stereocenters. The Bertz CT molecular complexity index is 1300. The molecule has 0 radical (unpaired) electrons. The van der Waals surface area contributed by atoms with Gasteiger partial charge in [-0.1, -0.05) is 25.4 Å². The monoisotopic (exact) mass is 527 g/mol. The Balaban J connectivity index is 1.41. The standard InChI is InChI=1S/C26H31ClFN7O2/c1-14(2)8-22(36)24-21(13-35(3)34-24)31-25-18(27)12-30-26(33-25)32-20-10-19(28)17(15-6-7-29-11-15)9-23(20)37-16-4-5-16/h9-10,12-16,29H,4-8,11H2,1-3H3,(H2,30,31,32,33). The van der Waals surface area contributed by atoms with Crippen LogP contribution in [-0.4, -0.2) is 44.7 Å². The number of ether oxygens (including phenoxy) is 1. The van der Waals surface area contributed by atoms with Gasteiger partial charge in [-0.05, 0) is 43.4 Å². The second-order valence-electron chi connectivity index (χ2n) is 10.1. The van der Waals surface area contributed by atoms with Gasteiger partial charge in [-0.25, -0.2) is 9.37 Å². The molecule has 2 aliphatic rings. The van der Waals surface area contributed by atoms with Crippen molar-refractivity contribution in [3.63, 3.8) is 0 Å². The van der Waals surface area contributed by atoms with Crippen LogP contribution in [0.15, 0.2) is 24.5 Å². The second kappa shape index (κ2) is 10.6. The summed E-state index contributed by atoms with van der Waals surface area (Å²) in [7, 11) is 1.74. The number of hydrogen-bond acceptors (Lipinski definition) is 8. The first-order chi connectivity index (χ1) is 17.8. The highest BCUT2D eigenvalue weighted by molar-refractivity contribution is 6.33. The third-order valence-electron chi connectivity index (χ3n) is 6.35. The van der Waals surface area contributed by atoms with Crippen LogP contribution in [-0.2, 0) is 7.05 Å². The van der Waals surface area contributed by atoms with Gasteiger partial charge in [0, 0.05) is 38.2 Å². The Morgan fingerprint density at radius 1 is 1.27 bits per heavy atom. The van der Waals surface area contributed by atoms with E-state index in [-0.39, 0.29) is 40.5 Å². The van der Waals surface area contributed by atoms with Gasteiger partial charge in [0.25, 0.3) is 0 Å². The largest absolute Gasteiger partial charge is 0.488 e. The van der Waals surface area contributed by atoms with Gasteiger partial charge in [0.15, 0.2) is 17.3 Å². The number of carbonyl (C=O) groups is 1. The fraction of sp³-hybridized carbons (Fsp3) is 0.462. The van der Waals surface area contributed by atoms with Crippen LogP contribution in [0.25, 0.3) is 0 Å². The lowest BCUT2D eigenvalue weighted by Crippen LogP contribution is -2.11. The van der Waals surface area contributed by atoms with E-state index in [1.54, 1.807) is 24.0 Å². The Morgan fingerprint density at radius 2 is 2.08 bits per heavy atom. The second-order valence-corrected chi connectivity index (χ2v) is 10.5. The van der Waals surface area contributed by atoms with Crippen LogP contribution in [0.3, 0.4) is 0 Å². The van der Waals surface area contributed by atoms with Crippen molar-refractivity contribution < 1.29 is 13.9 Å². The molecule has 9 nitrogen and oxygen atoms in total. The Hall–Kier alpha value is -3.24. The van der Waals surface area contributed by atoms with E-state index in [9.17, 15) is 4.79 Å². The minimum absolute atomic E-state index is 0.0727. The van der Waals surface area contributed by atoms with Crippen molar-refractivity contribution in [2.75, 3.05) is 23.7 Å². The van der Waals surface area contributed by atoms with Crippen molar-refractivity contribution in [2.45, 2.75) is 51.6 Å². The molecule has 1 unspecified atom stereocenters. The van der Waals surface area contributed by atoms with Gasteiger partial charge in [0.2, 0.25) is 5.95 Å². The number of hydrogen-bond donors (Lipinski definition) is 3. The van der Waals surface area contributed by atoms with E-state index in [0.29, 0.717) is 40.6 Å². The molecule has 2 fully saturated rings. The molecule has 0 spiro atoms. The third-order valence-corrected chi connectivity index (χ3v) is 6.62. The molecule has 5 rings (SSSR count). The van der Waals surface area contributed by atoms with E-state index in [1.807, 2.05) is 13.8 Å². The molecule has 196 valence electrons. The number of halogens is 2. The number of Topliss-reactive ketones (excluding diaryl/α,β-unsaturated/α-hetero) is 1. The lowest BCUT2D eigenvalue weighted by Gasteiger charge is -2.17. The van der Waals surface area contributed by atoms with E-state index in [4.69, 9.17) is 16.3 Å². The Labute approximate surface area is 220 Å². The van der Waals surface area contributed by atoms with Crippen LogP contribution in [0.1, 0.15) is 61.5 Å². The van der Waals surface area contributed by atoms with Crippen LogP contribution in [0, 0.1) is 11.7 Å². The highest BCUT2D eigenvalue weighted by Crippen LogP contribution is 2.38. The average molecular weight is 528 g/mol. The van der Waals surface area contributed by atoms with E-state index >= 15 is 4.39 Å². The molecule has 1 saturated heterocycles. The zero-order valence-electron chi connectivity index (χ0n) is 21.1. The summed E-state index contributed by atoms with van der Waals surface area (Å²) in [5, 5.41) is 14.1.